The topological polar surface area (TPSA) is 83.6 Å². The smallest absolute Gasteiger partial charge is 0.321 e. The normalized spacial score (nSPS) is 17.9. The van der Waals surface area contributed by atoms with Crippen molar-refractivity contribution in [1.29, 1.82) is 0 Å². The first kappa shape index (κ1) is 16.8. The molecule has 2 aromatic carbocycles. The molecule has 1 aliphatic heterocycles. The Kier molecular flexibility index (Phi) is 4.25. The van der Waals surface area contributed by atoms with Crippen LogP contribution < -0.4 is 5.32 Å². The lowest BCUT2D eigenvalue weighted by Crippen LogP contribution is -2.37. The van der Waals surface area contributed by atoms with Gasteiger partial charge in [0.05, 0.1) is 5.02 Å². The lowest BCUT2D eigenvalue weighted by molar-refractivity contribution is -0.124. The highest BCUT2D eigenvalue weighted by Gasteiger charge is 2.47. The minimum atomic E-state index is -4.42. The number of carbonyl (C=O) groups excluding carboxylic acids is 2. The van der Waals surface area contributed by atoms with Gasteiger partial charge in [0.25, 0.3) is 15.9 Å². The van der Waals surface area contributed by atoms with E-state index in [1.165, 1.54) is 24.3 Å². The first-order valence-electron chi connectivity index (χ1n) is 6.72. The summed E-state index contributed by atoms with van der Waals surface area (Å²) in [7, 11) is -4.42. The zero-order chi connectivity index (χ0) is 17.5. The van der Waals surface area contributed by atoms with Crippen LogP contribution in [0.4, 0.5) is 4.79 Å². The van der Waals surface area contributed by atoms with Gasteiger partial charge in [0.1, 0.15) is 10.9 Å². The molecule has 1 unspecified atom stereocenters. The summed E-state index contributed by atoms with van der Waals surface area (Å²) in [4.78, 5) is 24.4. The van der Waals surface area contributed by atoms with Gasteiger partial charge in [0, 0.05) is 10.6 Å². The fourth-order valence-electron chi connectivity index (χ4n) is 2.36. The highest BCUT2D eigenvalue weighted by atomic mass is 35.5. The molecule has 6 nitrogen and oxygen atoms in total. The standard InChI is InChI=1S/C15H10Cl2N2O4S/c16-10-6-2-1-5-9(10)13-14(20)19(15(21)18-13)24(22,23)12-8-4-3-7-11(12)17/h1-8,13H,(H,18,21). The maximum atomic E-state index is 12.7. The average molecular weight is 385 g/mol. The molecule has 3 rings (SSSR count). The Hall–Kier alpha value is -2.09. The lowest BCUT2D eigenvalue weighted by atomic mass is 10.1. The van der Waals surface area contributed by atoms with Gasteiger partial charge in [-0.25, -0.2) is 13.2 Å². The van der Waals surface area contributed by atoms with Crippen LogP contribution >= 0.6 is 23.2 Å². The van der Waals surface area contributed by atoms with Crippen LogP contribution in [0.15, 0.2) is 53.4 Å². The van der Waals surface area contributed by atoms with Crippen LogP contribution in [-0.2, 0) is 14.8 Å². The van der Waals surface area contributed by atoms with E-state index in [1.54, 1.807) is 24.3 Å². The van der Waals surface area contributed by atoms with Crippen molar-refractivity contribution < 1.29 is 18.0 Å². The number of amides is 3. The van der Waals surface area contributed by atoms with Gasteiger partial charge in [-0.1, -0.05) is 53.5 Å². The van der Waals surface area contributed by atoms with E-state index in [9.17, 15) is 18.0 Å². The minimum absolute atomic E-state index is 0.0840. The number of benzene rings is 2. The molecule has 0 radical (unpaired) electrons. The number of sulfonamides is 1. The Bertz CT molecular complexity index is 946. The maximum absolute atomic E-state index is 12.7. The van der Waals surface area contributed by atoms with Crippen molar-refractivity contribution in [2.75, 3.05) is 0 Å². The van der Waals surface area contributed by atoms with Crippen LogP contribution in [0, 0.1) is 0 Å². The summed E-state index contributed by atoms with van der Waals surface area (Å²) in [5, 5.41) is 2.50. The Morgan fingerprint density at radius 3 is 2.12 bits per heavy atom. The third-order valence-electron chi connectivity index (χ3n) is 3.47. The van der Waals surface area contributed by atoms with E-state index < -0.39 is 28.0 Å². The molecule has 9 heteroatoms. The molecular formula is C15H10Cl2N2O4S. The van der Waals surface area contributed by atoms with Gasteiger partial charge in [0.2, 0.25) is 0 Å². The Morgan fingerprint density at radius 1 is 0.917 bits per heavy atom. The number of imide groups is 1. The molecule has 1 N–H and O–H groups in total. The van der Waals surface area contributed by atoms with Crippen LogP contribution in [0.25, 0.3) is 0 Å². The maximum Gasteiger partial charge on any atom is 0.339 e. The predicted molar refractivity (Wildman–Crippen MR) is 88.2 cm³/mol. The second-order valence-electron chi connectivity index (χ2n) is 4.94. The molecule has 3 amide bonds. The number of rotatable bonds is 3. The fraction of sp³-hybridized carbons (Fsp3) is 0.0667. The Morgan fingerprint density at radius 2 is 1.50 bits per heavy atom. The average Bonchev–Trinajstić information content (AvgIpc) is 2.83. The quantitative estimate of drug-likeness (QED) is 0.824. The number of nitrogens with zero attached hydrogens (tertiary/aromatic N) is 1. The lowest BCUT2D eigenvalue weighted by Gasteiger charge is -2.15. The second kappa shape index (κ2) is 6.08. The molecular weight excluding hydrogens is 375 g/mol. The molecule has 1 fully saturated rings. The van der Waals surface area contributed by atoms with Crippen LogP contribution in [0.5, 0.6) is 0 Å². The van der Waals surface area contributed by atoms with Crippen LogP contribution in [0.3, 0.4) is 0 Å². The Labute approximate surface area is 148 Å². The van der Waals surface area contributed by atoms with Crippen molar-refractivity contribution in [3.05, 3.63) is 64.1 Å². The molecule has 0 bridgehead atoms. The molecule has 124 valence electrons. The molecule has 24 heavy (non-hydrogen) atoms. The van der Waals surface area contributed by atoms with Crippen molar-refractivity contribution in [2.24, 2.45) is 0 Å². The van der Waals surface area contributed by atoms with E-state index in [4.69, 9.17) is 23.2 Å². The minimum Gasteiger partial charge on any atom is -0.321 e. The van der Waals surface area contributed by atoms with E-state index in [0.29, 0.717) is 5.56 Å². The van der Waals surface area contributed by atoms with Gasteiger partial charge in [-0.05, 0) is 18.2 Å². The van der Waals surface area contributed by atoms with Gasteiger partial charge in [-0.15, -0.1) is 4.31 Å². The number of nitrogens with one attached hydrogen (secondary N) is 1. The molecule has 1 atom stereocenters. The summed E-state index contributed by atoms with van der Waals surface area (Å²) in [6.45, 7) is 0. The first-order valence-corrected chi connectivity index (χ1v) is 8.92. The van der Waals surface area contributed by atoms with E-state index >= 15 is 0 Å². The number of urea groups is 1. The van der Waals surface area contributed by atoms with Crippen LogP contribution in [-0.4, -0.2) is 24.7 Å². The van der Waals surface area contributed by atoms with Crippen molar-refractivity contribution in [2.45, 2.75) is 10.9 Å². The van der Waals surface area contributed by atoms with Crippen molar-refractivity contribution in [3.8, 4) is 0 Å². The van der Waals surface area contributed by atoms with Crippen molar-refractivity contribution >= 4 is 45.2 Å². The van der Waals surface area contributed by atoms with E-state index in [0.717, 1.165) is 0 Å². The molecule has 1 heterocycles. The fourth-order valence-corrected chi connectivity index (χ4v) is 4.41. The monoisotopic (exact) mass is 384 g/mol. The second-order valence-corrected chi connectivity index (χ2v) is 7.51. The predicted octanol–water partition coefficient (Wildman–Crippen LogP) is 2.98. The van der Waals surface area contributed by atoms with E-state index in [-0.39, 0.29) is 19.2 Å². The first-order chi connectivity index (χ1) is 11.3. The van der Waals surface area contributed by atoms with Gasteiger partial charge in [0.15, 0.2) is 0 Å². The molecule has 0 aromatic heterocycles. The zero-order valence-electron chi connectivity index (χ0n) is 11.9. The zero-order valence-corrected chi connectivity index (χ0v) is 14.3. The molecule has 0 saturated carbocycles. The van der Waals surface area contributed by atoms with Gasteiger partial charge >= 0.3 is 6.03 Å². The van der Waals surface area contributed by atoms with E-state index in [1.807, 2.05) is 0 Å². The number of hydrogen-bond donors (Lipinski definition) is 1. The Balaban J connectivity index is 2.04. The van der Waals surface area contributed by atoms with Gasteiger partial charge < -0.3 is 5.32 Å². The third-order valence-corrected chi connectivity index (χ3v) is 5.99. The summed E-state index contributed by atoms with van der Waals surface area (Å²) in [5.74, 6) is -0.937. The summed E-state index contributed by atoms with van der Waals surface area (Å²) >= 11 is 11.9. The van der Waals surface area contributed by atoms with Crippen LogP contribution in [0.1, 0.15) is 11.6 Å². The SMILES string of the molecule is O=C1NC(c2ccccc2Cl)C(=O)N1S(=O)(=O)c1ccccc1Cl. The molecule has 1 aliphatic rings. The van der Waals surface area contributed by atoms with Gasteiger partial charge in [-0.2, -0.15) is 0 Å². The van der Waals surface area contributed by atoms with Gasteiger partial charge in [-0.3, -0.25) is 4.79 Å². The number of halogens is 2. The third kappa shape index (κ3) is 2.64. The molecule has 0 aliphatic carbocycles. The van der Waals surface area contributed by atoms with Crippen molar-refractivity contribution in [1.82, 2.24) is 9.62 Å². The number of hydrogen-bond acceptors (Lipinski definition) is 4. The van der Waals surface area contributed by atoms with E-state index in [2.05, 4.69) is 5.32 Å². The summed E-state index contributed by atoms with van der Waals surface area (Å²) < 4.78 is 25.5. The molecule has 0 spiro atoms. The summed E-state index contributed by atoms with van der Waals surface area (Å²) in [5.41, 5.74) is 0.314. The highest BCUT2D eigenvalue weighted by molar-refractivity contribution is 7.90. The summed E-state index contributed by atoms with van der Waals surface area (Å²) in [6.07, 6.45) is 0. The molecule has 1 saturated heterocycles. The number of carbonyl (C=O) groups is 2. The summed E-state index contributed by atoms with van der Waals surface area (Å²) in [6, 6.07) is 9.71. The van der Waals surface area contributed by atoms with Crippen LogP contribution in [0.2, 0.25) is 10.0 Å². The van der Waals surface area contributed by atoms with Crippen molar-refractivity contribution in [3.63, 3.8) is 0 Å². The molecule has 2 aromatic rings. The largest absolute Gasteiger partial charge is 0.339 e. The highest BCUT2D eigenvalue weighted by Crippen LogP contribution is 2.32.